The molecule has 7 nitrogen and oxygen atoms in total. The normalized spacial score (nSPS) is 21.3. The number of fused-ring (bicyclic) bond motifs is 1. The van der Waals surface area contributed by atoms with Gasteiger partial charge in [0.25, 0.3) is 5.91 Å². The fraction of sp³-hybridized carbons (Fsp3) is 0.538. The van der Waals surface area contributed by atoms with Gasteiger partial charge in [-0.3, -0.25) is 9.59 Å². The predicted molar refractivity (Wildman–Crippen MR) is 134 cm³/mol. The van der Waals surface area contributed by atoms with Gasteiger partial charge in [-0.1, -0.05) is 13.0 Å². The second-order valence-corrected chi connectivity index (χ2v) is 10.3. The van der Waals surface area contributed by atoms with E-state index in [1.165, 1.54) is 12.8 Å². The van der Waals surface area contributed by atoms with Crippen molar-refractivity contribution >= 4 is 23.2 Å². The van der Waals surface area contributed by atoms with Gasteiger partial charge >= 0.3 is 0 Å². The van der Waals surface area contributed by atoms with E-state index in [9.17, 15) is 9.59 Å². The number of carbonyl (C=O) groups is 2. The highest BCUT2D eigenvalue weighted by molar-refractivity contribution is 7.10. The van der Waals surface area contributed by atoms with Crippen LogP contribution in [0.25, 0.3) is 0 Å². The van der Waals surface area contributed by atoms with E-state index in [2.05, 4.69) is 17.1 Å². The highest BCUT2D eigenvalue weighted by Crippen LogP contribution is 2.46. The standard InChI is InChI=1S/C26H35N3O4S/c1-17-8-12-29(13-9-17)11-6-10-27-25(30)23-18-15-20(32-3)21(33-4)16-19(18)26(31)28(2)24(23)22-7-5-14-34-22/h5,7,14-17,23-24H,6,8-13H2,1-4H3,(H,27,30)/t23-,24+/m0/s1. The fourth-order valence-electron chi connectivity index (χ4n) is 5.06. The Hall–Kier alpha value is -2.58. The van der Waals surface area contributed by atoms with Gasteiger partial charge in [0.2, 0.25) is 5.91 Å². The van der Waals surface area contributed by atoms with Crippen LogP contribution in [0.2, 0.25) is 0 Å². The van der Waals surface area contributed by atoms with Crippen molar-refractivity contribution < 1.29 is 19.1 Å². The van der Waals surface area contributed by atoms with Crippen LogP contribution in [0.5, 0.6) is 11.5 Å². The van der Waals surface area contributed by atoms with E-state index in [1.54, 1.807) is 49.6 Å². The smallest absolute Gasteiger partial charge is 0.254 e. The first-order chi connectivity index (χ1) is 16.4. The SMILES string of the molecule is COc1cc2c(cc1OC)[C@H](C(=O)NCCCN1CCC(C)CC1)[C@@H](c1cccs1)N(C)C2=O. The summed E-state index contributed by atoms with van der Waals surface area (Å²) in [5, 5.41) is 5.14. The number of hydrogen-bond donors (Lipinski definition) is 1. The molecule has 1 saturated heterocycles. The maximum Gasteiger partial charge on any atom is 0.254 e. The summed E-state index contributed by atoms with van der Waals surface area (Å²) in [7, 11) is 4.88. The maximum absolute atomic E-state index is 13.6. The number of nitrogens with one attached hydrogen (secondary N) is 1. The summed E-state index contributed by atoms with van der Waals surface area (Å²) in [6.07, 6.45) is 3.41. The van der Waals surface area contributed by atoms with Crippen LogP contribution in [0, 0.1) is 5.92 Å². The largest absolute Gasteiger partial charge is 0.493 e. The van der Waals surface area contributed by atoms with Gasteiger partial charge in [-0.05, 0) is 74.0 Å². The number of carbonyl (C=O) groups excluding carboxylic acids is 2. The number of methoxy groups -OCH3 is 2. The van der Waals surface area contributed by atoms with Crippen molar-refractivity contribution in [3.63, 3.8) is 0 Å². The Morgan fingerprint density at radius 1 is 1.18 bits per heavy atom. The Bertz CT molecular complexity index is 1000. The monoisotopic (exact) mass is 485 g/mol. The van der Waals surface area contributed by atoms with E-state index < -0.39 is 5.92 Å². The lowest BCUT2D eigenvalue weighted by atomic mass is 9.81. The minimum atomic E-state index is -0.535. The van der Waals surface area contributed by atoms with E-state index in [0.717, 1.165) is 36.9 Å². The minimum Gasteiger partial charge on any atom is -0.493 e. The molecule has 3 heterocycles. The third-order valence-corrected chi connectivity index (χ3v) is 8.06. The molecule has 2 aliphatic rings. The van der Waals surface area contributed by atoms with Crippen molar-refractivity contribution in [3.05, 3.63) is 45.6 Å². The average Bonchev–Trinajstić information content (AvgIpc) is 3.38. The van der Waals surface area contributed by atoms with Crippen molar-refractivity contribution in [1.82, 2.24) is 15.1 Å². The lowest BCUT2D eigenvalue weighted by Gasteiger charge is -2.39. The van der Waals surface area contributed by atoms with Crippen molar-refractivity contribution in [3.8, 4) is 11.5 Å². The molecule has 2 amide bonds. The van der Waals surface area contributed by atoms with E-state index >= 15 is 0 Å². The van der Waals surface area contributed by atoms with Crippen molar-refractivity contribution in [1.29, 1.82) is 0 Å². The summed E-state index contributed by atoms with van der Waals surface area (Å²) < 4.78 is 10.9. The average molecular weight is 486 g/mol. The number of amides is 2. The van der Waals surface area contributed by atoms with Crippen LogP contribution in [-0.4, -0.2) is 69.1 Å². The lowest BCUT2D eigenvalue weighted by molar-refractivity contribution is -0.124. The number of rotatable bonds is 8. The van der Waals surface area contributed by atoms with Gasteiger partial charge in [-0.25, -0.2) is 0 Å². The first-order valence-electron chi connectivity index (χ1n) is 12.0. The van der Waals surface area contributed by atoms with Crippen LogP contribution in [0.4, 0.5) is 0 Å². The second-order valence-electron chi connectivity index (χ2n) is 9.32. The molecule has 1 N–H and O–H groups in total. The number of benzene rings is 1. The van der Waals surface area contributed by atoms with Crippen molar-refractivity contribution in [2.75, 3.05) is 47.4 Å². The Labute approximate surface area is 206 Å². The first kappa shape index (κ1) is 24.5. The molecular weight excluding hydrogens is 450 g/mol. The number of thiophene rings is 1. The van der Waals surface area contributed by atoms with E-state index in [1.807, 2.05) is 17.5 Å². The molecular formula is C26H35N3O4S. The first-order valence-corrected chi connectivity index (χ1v) is 12.9. The maximum atomic E-state index is 13.6. The zero-order chi connectivity index (χ0) is 24.2. The third kappa shape index (κ3) is 4.93. The summed E-state index contributed by atoms with van der Waals surface area (Å²) in [6.45, 7) is 6.20. The van der Waals surface area contributed by atoms with Gasteiger partial charge in [0.05, 0.1) is 26.2 Å². The molecule has 1 aromatic heterocycles. The zero-order valence-corrected chi connectivity index (χ0v) is 21.3. The summed E-state index contributed by atoms with van der Waals surface area (Å²) in [4.78, 5) is 32.1. The summed E-state index contributed by atoms with van der Waals surface area (Å²) in [5.74, 6) is 1.07. The Kier molecular flexibility index (Phi) is 7.78. The number of nitrogens with zero attached hydrogens (tertiary/aromatic N) is 2. The Balaban J connectivity index is 1.56. The molecule has 0 aliphatic carbocycles. The quantitative estimate of drug-likeness (QED) is 0.574. The minimum absolute atomic E-state index is 0.0708. The molecule has 0 spiro atoms. The molecule has 2 aromatic rings. The van der Waals surface area contributed by atoms with E-state index in [-0.39, 0.29) is 17.9 Å². The molecule has 4 rings (SSSR count). The number of likely N-dealkylation sites (tertiary alicyclic amines) is 1. The highest BCUT2D eigenvalue weighted by atomic mass is 32.1. The van der Waals surface area contributed by atoms with Gasteiger partial charge in [0.15, 0.2) is 11.5 Å². The van der Waals surface area contributed by atoms with Crippen LogP contribution in [-0.2, 0) is 4.79 Å². The highest BCUT2D eigenvalue weighted by Gasteiger charge is 2.44. The van der Waals surface area contributed by atoms with Gasteiger partial charge in [0.1, 0.15) is 0 Å². The van der Waals surface area contributed by atoms with Crippen LogP contribution < -0.4 is 14.8 Å². The van der Waals surface area contributed by atoms with E-state index in [0.29, 0.717) is 29.2 Å². The van der Waals surface area contributed by atoms with Crippen LogP contribution >= 0.6 is 11.3 Å². The Morgan fingerprint density at radius 3 is 2.53 bits per heavy atom. The topological polar surface area (TPSA) is 71.1 Å². The number of likely N-dealkylation sites (N-methyl/N-ethyl adjacent to an activating group) is 1. The lowest BCUT2D eigenvalue weighted by Crippen LogP contribution is -2.45. The number of ether oxygens (including phenoxy) is 2. The van der Waals surface area contributed by atoms with Crippen LogP contribution in [0.1, 0.15) is 58.9 Å². The molecule has 0 unspecified atom stereocenters. The summed E-state index contributed by atoms with van der Waals surface area (Å²) >= 11 is 1.56. The molecule has 34 heavy (non-hydrogen) atoms. The predicted octanol–water partition coefficient (Wildman–Crippen LogP) is 3.91. The number of hydrogen-bond acceptors (Lipinski definition) is 6. The second kappa shape index (κ2) is 10.8. The van der Waals surface area contributed by atoms with Crippen LogP contribution in [0.3, 0.4) is 0 Å². The third-order valence-electron chi connectivity index (χ3n) is 7.12. The molecule has 1 aromatic carbocycles. The van der Waals surface area contributed by atoms with Crippen LogP contribution in [0.15, 0.2) is 29.6 Å². The summed E-state index contributed by atoms with van der Waals surface area (Å²) in [5.41, 5.74) is 1.16. The van der Waals surface area contributed by atoms with Crippen molar-refractivity contribution in [2.45, 2.75) is 38.1 Å². The zero-order valence-electron chi connectivity index (χ0n) is 20.5. The molecule has 0 bridgehead atoms. The van der Waals surface area contributed by atoms with Gasteiger partial charge in [0, 0.05) is 24.0 Å². The Morgan fingerprint density at radius 2 is 1.88 bits per heavy atom. The van der Waals surface area contributed by atoms with Crippen molar-refractivity contribution in [2.24, 2.45) is 5.92 Å². The molecule has 2 aliphatic heterocycles. The van der Waals surface area contributed by atoms with Gasteiger partial charge in [-0.2, -0.15) is 0 Å². The molecule has 2 atom stereocenters. The molecule has 1 fully saturated rings. The van der Waals surface area contributed by atoms with E-state index in [4.69, 9.17) is 9.47 Å². The molecule has 0 saturated carbocycles. The summed E-state index contributed by atoms with van der Waals surface area (Å²) in [6, 6.07) is 7.05. The molecule has 8 heteroatoms. The fourth-order valence-corrected chi connectivity index (χ4v) is 5.96. The molecule has 0 radical (unpaired) electrons. The number of piperidine rings is 1. The molecule has 184 valence electrons. The van der Waals surface area contributed by atoms with Gasteiger partial charge in [-0.15, -0.1) is 11.3 Å². The van der Waals surface area contributed by atoms with Gasteiger partial charge < -0.3 is 24.6 Å².